The summed E-state index contributed by atoms with van der Waals surface area (Å²) in [5.41, 5.74) is -0.656. The quantitative estimate of drug-likeness (QED) is 0.496. The van der Waals surface area contributed by atoms with E-state index in [1.165, 1.54) is 0 Å². The third-order valence-electron chi connectivity index (χ3n) is 2.97. The van der Waals surface area contributed by atoms with Gasteiger partial charge in [0.05, 0.1) is 23.0 Å². The van der Waals surface area contributed by atoms with Gasteiger partial charge in [0.25, 0.3) is 0 Å². The minimum Gasteiger partial charge on any atom is -0.502 e. The predicted molar refractivity (Wildman–Crippen MR) is 72.6 cm³/mol. The van der Waals surface area contributed by atoms with Gasteiger partial charge < -0.3 is 15.2 Å². The van der Waals surface area contributed by atoms with Crippen molar-refractivity contribution in [1.29, 1.82) is 0 Å². The van der Waals surface area contributed by atoms with Gasteiger partial charge in [-0.1, -0.05) is 0 Å². The van der Waals surface area contributed by atoms with Crippen molar-refractivity contribution in [3.05, 3.63) is 28.3 Å². The number of hydrogen-bond acceptors (Lipinski definition) is 7. The second kappa shape index (κ2) is 6.35. The molecule has 1 fully saturated rings. The highest BCUT2D eigenvalue weighted by Gasteiger charge is 2.22. The van der Waals surface area contributed by atoms with Crippen LogP contribution in [0.1, 0.15) is 0 Å². The van der Waals surface area contributed by atoms with Crippen molar-refractivity contribution in [2.75, 3.05) is 26.3 Å². The van der Waals surface area contributed by atoms with Crippen molar-refractivity contribution in [2.24, 2.45) is 0 Å². The summed E-state index contributed by atoms with van der Waals surface area (Å²) in [5.74, 6) is -0.582. The first-order valence-corrected chi connectivity index (χ1v) is 7.66. The van der Waals surface area contributed by atoms with E-state index in [0.29, 0.717) is 19.8 Å². The van der Waals surface area contributed by atoms with Crippen LogP contribution in [0.3, 0.4) is 0 Å². The Morgan fingerprint density at radius 3 is 2.90 bits per heavy atom. The number of nitrogens with zero attached hydrogens (tertiary/aromatic N) is 1. The molecule has 1 unspecified atom stereocenters. The van der Waals surface area contributed by atoms with Gasteiger partial charge in [0.2, 0.25) is 10.0 Å². The van der Waals surface area contributed by atoms with Crippen LogP contribution in [-0.2, 0) is 14.8 Å². The highest BCUT2D eigenvalue weighted by atomic mass is 32.2. The average Bonchev–Trinajstić information content (AvgIpc) is 2.46. The van der Waals surface area contributed by atoms with Crippen molar-refractivity contribution >= 4 is 15.7 Å². The van der Waals surface area contributed by atoms with Gasteiger partial charge in [-0.2, -0.15) is 0 Å². The van der Waals surface area contributed by atoms with Crippen LogP contribution in [0.25, 0.3) is 0 Å². The number of aromatic hydroxyl groups is 1. The monoisotopic (exact) mass is 317 g/mol. The van der Waals surface area contributed by atoms with Crippen molar-refractivity contribution in [2.45, 2.75) is 10.9 Å². The maximum atomic E-state index is 12.1. The molecule has 10 heteroatoms. The van der Waals surface area contributed by atoms with Gasteiger partial charge in [-0.25, -0.2) is 13.1 Å². The molecule has 1 heterocycles. The summed E-state index contributed by atoms with van der Waals surface area (Å²) in [4.78, 5) is 9.59. The van der Waals surface area contributed by atoms with Crippen LogP contribution in [0, 0.1) is 10.1 Å². The Labute approximate surface area is 121 Å². The zero-order valence-corrected chi connectivity index (χ0v) is 11.8. The van der Waals surface area contributed by atoms with Gasteiger partial charge in [-0.3, -0.25) is 10.1 Å². The highest BCUT2D eigenvalue weighted by molar-refractivity contribution is 7.89. The lowest BCUT2D eigenvalue weighted by Crippen LogP contribution is -2.48. The lowest BCUT2D eigenvalue weighted by atomic mass is 10.3. The summed E-state index contributed by atoms with van der Waals surface area (Å²) < 4.78 is 31.7. The fraction of sp³-hybridized carbons (Fsp3) is 0.455. The molecular weight excluding hydrogens is 302 g/mol. The second-order valence-electron chi connectivity index (χ2n) is 4.49. The first-order valence-electron chi connectivity index (χ1n) is 6.18. The minimum atomic E-state index is -3.89. The Bertz CT molecular complexity index is 627. The lowest BCUT2D eigenvalue weighted by Gasteiger charge is -2.23. The molecule has 0 amide bonds. The van der Waals surface area contributed by atoms with E-state index in [4.69, 9.17) is 4.74 Å². The van der Waals surface area contributed by atoms with E-state index in [-0.39, 0.29) is 17.5 Å². The van der Waals surface area contributed by atoms with E-state index >= 15 is 0 Å². The first kappa shape index (κ1) is 15.6. The number of phenols is 1. The third kappa shape index (κ3) is 3.88. The highest BCUT2D eigenvalue weighted by Crippen LogP contribution is 2.28. The van der Waals surface area contributed by atoms with E-state index in [2.05, 4.69) is 10.0 Å². The SMILES string of the molecule is O=[N+]([O-])c1cc(S(=O)(=O)NCC2COCCN2)ccc1O. The van der Waals surface area contributed by atoms with E-state index in [9.17, 15) is 23.6 Å². The topological polar surface area (TPSA) is 131 Å². The van der Waals surface area contributed by atoms with E-state index in [1.54, 1.807) is 0 Å². The van der Waals surface area contributed by atoms with Gasteiger partial charge in [-0.05, 0) is 12.1 Å². The molecule has 0 aromatic heterocycles. The standard InChI is InChI=1S/C11H15N3O6S/c15-11-2-1-9(5-10(11)14(16)17)21(18,19)13-6-8-7-20-4-3-12-8/h1-2,5,8,12-13,15H,3-4,6-7H2. The van der Waals surface area contributed by atoms with Crippen LogP contribution < -0.4 is 10.0 Å². The van der Waals surface area contributed by atoms with E-state index < -0.39 is 26.4 Å². The number of phenolic OH excluding ortho intramolecular Hbond substituents is 1. The molecule has 0 radical (unpaired) electrons. The Hall–Kier alpha value is -1.75. The van der Waals surface area contributed by atoms with Crippen molar-refractivity contribution in [3.63, 3.8) is 0 Å². The first-order chi connectivity index (χ1) is 9.90. The van der Waals surface area contributed by atoms with Crippen LogP contribution in [0.5, 0.6) is 5.75 Å². The van der Waals surface area contributed by atoms with Gasteiger partial charge in [-0.15, -0.1) is 0 Å². The molecule has 21 heavy (non-hydrogen) atoms. The van der Waals surface area contributed by atoms with Gasteiger partial charge in [0, 0.05) is 25.2 Å². The smallest absolute Gasteiger partial charge is 0.312 e. The Morgan fingerprint density at radius 2 is 2.29 bits per heavy atom. The third-order valence-corrected chi connectivity index (χ3v) is 4.39. The molecule has 0 spiro atoms. The molecule has 0 saturated carbocycles. The maximum absolute atomic E-state index is 12.1. The number of hydrogen-bond donors (Lipinski definition) is 3. The fourth-order valence-corrected chi connectivity index (χ4v) is 2.96. The number of morpholine rings is 1. The van der Waals surface area contributed by atoms with Crippen molar-refractivity contribution in [1.82, 2.24) is 10.0 Å². The van der Waals surface area contributed by atoms with Crippen molar-refractivity contribution in [3.8, 4) is 5.75 Å². The molecule has 9 nitrogen and oxygen atoms in total. The number of ether oxygens (including phenoxy) is 1. The van der Waals surface area contributed by atoms with Crippen LogP contribution in [0.2, 0.25) is 0 Å². The molecule has 1 aromatic carbocycles. The summed E-state index contributed by atoms with van der Waals surface area (Å²) in [5, 5.41) is 23.1. The average molecular weight is 317 g/mol. The Kier molecular flexibility index (Phi) is 4.73. The summed E-state index contributed by atoms with van der Waals surface area (Å²) in [7, 11) is -3.89. The molecule has 1 aliphatic rings. The number of benzene rings is 1. The number of nitro benzene ring substituents is 1. The van der Waals surface area contributed by atoms with Crippen LogP contribution in [0.4, 0.5) is 5.69 Å². The molecule has 1 aromatic rings. The zero-order valence-electron chi connectivity index (χ0n) is 11.0. The zero-order chi connectivity index (χ0) is 15.5. The molecule has 1 atom stereocenters. The van der Waals surface area contributed by atoms with Gasteiger partial charge >= 0.3 is 5.69 Å². The molecule has 1 saturated heterocycles. The number of sulfonamides is 1. The van der Waals surface area contributed by atoms with Crippen LogP contribution >= 0.6 is 0 Å². The Balaban J connectivity index is 2.11. The van der Waals surface area contributed by atoms with Crippen molar-refractivity contribution < 1.29 is 23.2 Å². The van der Waals surface area contributed by atoms with Crippen LogP contribution in [-0.4, -0.2) is 50.8 Å². The molecule has 1 aliphatic heterocycles. The summed E-state index contributed by atoms with van der Waals surface area (Å²) >= 11 is 0. The molecule has 3 N–H and O–H groups in total. The lowest BCUT2D eigenvalue weighted by molar-refractivity contribution is -0.386. The summed E-state index contributed by atoms with van der Waals surface area (Å²) in [6.07, 6.45) is 0. The number of nitrogens with one attached hydrogen (secondary N) is 2. The molecule has 0 bridgehead atoms. The van der Waals surface area contributed by atoms with E-state index in [1.807, 2.05) is 0 Å². The normalized spacial score (nSPS) is 19.3. The summed E-state index contributed by atoms with van der Waals surface area (Å²) in [6.45, 7) is 1.71. The second-order valence-corrected chi connectivity index (χ2v) is 6.25. The predicted octanol–water partition coefficient (Wildman–Crippen LogP) is -0.433. The van der Waals surface area contributed by atoms with Gasteiger partial charge in [0.1, 0.15) is 0 Å². The number of nitro groups is 1. The largest absolute Gasteiger partial charge is 0.502 e. The Morgan fingerprint density at radius 1 is 1.52 bits per heavy atom. The summed E-state index contributed by atoms with van der Waals surface area (Å²) in [6, 6.07) is 2.76. The number of rotatable bonds is 5. The molecular formula is C11H15N3O6S. The van der Waals surface area contributed by atoms with Crippen LogP contribution in [0.15, 0.2) is 23.1 Å². The maximum Gasteiger partial charge on any atom is 0.312 e. The van der Waals surface area contributed by atoms with Gasteiger partial charge in [0.15, 0.2) is 5.75 Å². The fourth-order valence-electron chi connectivity index (χ4n) is 1.86. The minimum absolute atomic E-state index is 0.108. The van der Waals surface area contributed by atoms with E-state index in [0.717, 1.165) is 18.2 Å². The molecule has 0 aliphatic carbocycles. The molecule has 2 rings (SSSR count). The molecule has 116 valence electrons.